The highest BCUT2D eigenvalue weighted by atomic mass is 16.5. The van der Waals surface area contributed by atoms with Crippen molar-refractivity contribution < 1.29 is 19.4 Å². The predicted octanol–water partition coefficient (Wildman–Crippen LogP) is 1.29. The number of anilines is 1. The molecule has 2 atom stereocenters. The number of amides is 1. The fourth-order valence-electron chi connectivity index (χ4n) is 4.11. The highest BCUT2D eigenvalue weighted by Gasteiger charge is 2.35. The molecule has 2 fully saturated rings. The molecule has 6 nitrogen and oxygen atoms in total. The molecule has 1 heterocycles. The van der Waals surface area contributed by atoms with Crippen LogP contribution in [0.1, 0.15) is 32.6 Å². The van der Waals surface area contributed by atoms with E-state index in [1.54, 1.807) is 0 Å². The third kappa shape index (κ3) is 3.94. The zero-order valence-electron chi connectivity index (χ0n) is 15.4. The van der Waals surface area contributed by atoms with Gasteiger partial charge in [0.25, 0.3) is 0 Å². The predicted molar refractivity (Wildman–Crippen MR) is 96.9 cm³/mol. The van der Waals surface area contributed by atoms with Gasteiger partial charge in [0.1, 0.15) is 5.75 Å². The number of carbonyl (C=O) groups is 2. The van der Waals surface area contributed by atoms with Gasteiger partial charge in [-0.3, -0.25) is 4.79 Å². The van der Waals surface area contributed by atoms with Crippen molar-refractivity contribution >= 4 is 17.6 Å². The molecule has 0 aromatic heterocycles. The fourth-order valence-corrected chi connectivity index (χ4v) is 4.11. The summed E-state index contributed by atoms with van der Waals surface area (Å²) in [5, 5.41) is 11.4. The van der Waals surface area contributed by atoms with E-state index in [-0.39, 0.29) is 5.91 Å². The summed E-state index contributed by atoms with van der Waals surface area (Å²) in [5.74, 6) is -1.29. The number of para-hydroxylation sites is 2. The molecule has 3 rings (SSSR count). The van der Waals surface area contributed by atoms with Crippen molar-refractivity contribution in [3.63, 3.8) is 0 Å². The van der Waals surface area contributed by atoms with E-state index in [1.165, 1.54) is 0 Å². The maximum Gasteiger partial charge on any atom is 0.226 e. The minimum atomic E-state index is -1.08. The van der Waals surface area contributed by atoms with Gasteiger partial charge in [-0.05, 0) is 31.9 Å². The standard InChI is InChI=1S/C20H28N2O4/c1-2-26-18-10-6-5-9-17(18)21-11-13-22(14-12-21)19(23)15-7-3-4-8-16(15)20(24)25/h5-6,9-10,15-16H,2-4,7-8,11-14H2,1H3,(H,24,25)/p-1/t15-,16+/m1/s1. The Balaban J connectivity index is 1.63. The molecule has 1 saturated heterocycles. The van der Waals surface area contributed by atoms with E-state index in [1.807, 2.05) is 36.1 Å². The van der Waals surface area contributed by atoms with Crippen LogP contribution in [0.2, 0.25) is 0 Å². The SMILES string of the molecule is CCOc1ccccc1N1CCN(C(=O)[C@@H]2CCCC[C@@H]2C(=O)[O-])CC1. The number of benzene rings is 1. The van der Waals surface area contributed by atoms with Crippen LogP contribution in [0.15, 0.2) is 24.3 Å². The van der Waals surface area contributed by atoms with Crippen LogP contribution in [0, 0.1) is 11.8 Å². The van der Waals surface area contributed by atoms with Crippen LogP contribution < -0.4 is 14.7 Å². The van der Waals surface area contributed by atoms with Gasteiger partial charge in [0.05, 0.1) is 12.3 Å². The number of aliphatic carboxylic acids is 1. The number of ether oxygens (including phenoxy) is 1. The van der Waals surface area contributed by atoms with Gasteiger partial charge in [-0.25, -0.2) is 0 Å². The first kappa shape index (κ1) is 18.5. The molecule has 0 spiro atoms. The molecule has 1 aliphatic carbocycles. The summed E-state index contributed by atoms with van der Waals surface area (Å²) in [7, 11) is 0. The van der Waals surface area contributed by atoms with Crippen molar-refractivity contribution in [1.29, 1.82) is 0 Å². The number of nitrogens with zero attached hydrogens (tertiary/aromatic N) is 2. The summed E-state index contributed by atoms with van der Waals surface area (Å²) >= 11 is 0. The maximum absolute atomic E-state index is 12.9. The van der Waals surface area contributed by atoms with E-state index in [9.17, 15) is 14.7 Å². The molecule has 2 aliphatic rings. The minimum Gasteiger partial charge on any atom is -0.550 e. The number of carboxylic acid groups (broad SMARTS) is 1. The van der Waals surface area contributed by atoms with Gasteiger partial charge in [0.2, 0.25) is 5.91 Å². The number of hydrogen-bond acceptors (Lipinski definition) is 5. The summed E-state index contributed by atoms with van der Waals surface area (Å²) in [6.45, 7) is 5.23. The lowest BCUT2D eigenvalue weighted by atomic mass is 9.78. The van der Waals surface area contributed by atoms with E-state index in [0.717, 1.165) is 37.4 Å². The normalized spacial score (nSPS) is 23.6. The summed E-state index contributed by atoms with van der Waals surface area (Å²) in [6.07, 6.45) is 3.00. The Labute approximate surface area is 154 Å². The zero-order valence-corrected chi connectivity index (χ0v) is 15.4. The average molecular weight is 359 g/mol. The van der Waals surface area contributed by atoms with Crippen molar-refractivity contribution in [2.24, 2.45) is 11.8 Å². The number of carboxylic acids is 1. The van der Waals surface area contributed by atoms with Gasteiger partial charge in [-0.15, -0.1) is 0 Å². The van der Waals surface area contributed by atoms with Crippen molar-refractivity contribution in [2.75, 3.05) is 37.7 Å². The monoisotopic (exact) mass is 359 g/mol. The summed E-state index contributed by atoms with van der Waals surface area (Å²) in [5.41, 5.74) is 1.05. The average Bonchev–Trinajstić information content (AvgIpc) is 2.68. The quantitative estimate of drug-likeness (QED) is 0.792. The molecule has 1 saturated carbocycles. The summed E-state index contributed by atoms with van der Waals surface area (Å²) in [6, 6.07) is 7.94. The van der Waals surface area contributed by atoms with Crippen molar-refractivity contribution in [1.82, 2.24) is 4.90 Å². The van der Waals surface area contributed by atoms with Crippen LogP contribution >= 0.6 is 0 Å². The topological polar surface area (TPSA) is 72.9 Å². The van der Waals surface area contributed by atoms with E-state index in [4.69, 9.17) is 4.74 Å². The molecule has 0 unspecified atom stereocenters. The van der Waals surface area contributed by atoms with E-state index in [0.29, 0.717) is 32.5 Å². The van der Waals surface area contributed by atoms with Gasteiger partial charge in [-0.2, -0.15) is 0 Å². The highest BCUT2D eigenvalue weighted by molar-refractivity contribution is 5.84. The summed E-state index contributed by atoms with van der Waals surface area (Å²) in [4.78, 5) is 28.3. The third-order valence-corrected chi connectivity index (χ3v) is 5.48. The molecule has 1 amide bonds. The molecular weight excluding hydrogens is 332 g/mol. The molecule has 1 aliphatic heterocycles. The summed E-state index contributed by atoms with van der Waals surface area (Å²) < 4.78 is 5.71. The Morgan fingerprint density at radius 3 is 2.38 bits per heavy atom. The second-order valence-electron chi connectivity index (χ2n) is 7.03. The van der Waals surface area contributed by atoms with Gasteiger partial charge < -0.3 is 24.4 Å². The third-order valence-electron chi connectivity index (χ3n) is 5.48. The fraction of sp³-hybridized carbons (Fsp3) is 0.600. The Hall–Kier alpha value is -2.24. The Morgan fingerprint density at radius 2 is 1.73 bits per heavy atom. The first-order valence-electron chi connectivity index (χ1n) is 9.58. The molecule has 0 bridgehead atoms. The second-order valence-corrected chi connectivity index (χ2v) is 7.03. The van der Waals surface area contributed by atoms with Crippen LogP contribution in [0.25, 0.3) is 0 Å². The largest absolute Gasteiger partial charge is 0.550 e. The number of carbonyl (C=O) groups excluding carboxylic acids is 2. The Kier molecular flexibility index (Phi) is 6.01. The van der Waals surface area contributed by atoms with E-state index < -0.39 is 17.8 Å². The first-order chi connectivity index (χ1) is 12.6. The lowest BCUT2D eigenvalue weighted by molar-refractivity contribution is -0.314. The van der Waals surface area contributed by atoms with Gasteiger partial charge in [0, 0.05) is 44.0 Å². The number of rotatable bonds is 5. The molecule has 1 aromatic carbocycles. The van der Waals surface area contributed by atoms with Crippen LogP contribution in [0.3, 0.4) is 0 Å². The van der Waals surface area contributed by atoms with Crippen molar-refractivity contribution in [2.45, 2.75) is 32.6 Å². The molecule has 0 radical (unpaired) electrons. The smallest absolute Gasteiger partial charge is 0.226 e. The lowest BCUT2D eigenvalue weighted by Crippen LogP contribution is -2.53. The molecule has 6 heteroatoms. The lowest BCUT2D eigenvalue weighted by Gasteiger charge is -2.40. The molecule has 1 aromatic rings. The van der Waals surface area contributed by atoms with Gasteiger partial charge in [-0.1, -0.05) is 25.0 Å². The van der Waals surface area contributed by atoms with Gasteiger partial charge >= 0.3 is 0 Å². The van der Waals surface area contributed by atoms with Crippen LogP contribution in [-0.2, 0) is 9.59 Å². The van der Waals surface area contributed by atoms with E-state index >= 15 is 0 Å². The van der Waals surface area contributed by atoms with Crippen LogP contribution in [0.4, 0.5) is 5.69 Å². The molecule has 26 heavy (non-hydrogen) atoms. The Morgan fingerprint density at radius 1 is 1.08 bits per heavy atom. The molecule has 142 valence electrons. The Bertz CT molecular complexity index is 640. The highest BCUT2D eigenvalue weighted by Crippen LogP contribution is 2.33. The minimum absolute atomic E-state index is 0.0170. The first-order valence-corrected chi connectivity index (χ1v) is 9.58. The second kappa shape index (κ2) is 8.43. The van der Waals surface area contributed by atoms with Crippen molar-refractivity contribution in [3.05, 3.63) is 24.3 Å². The van der Waals surface area contributed by atoms with Crippen LogP contribution in [-0.4, -0.2) is 49.6 Å². The van der Waals surface area contributed by atoms with Crippen LogP contribution in [0.5, 0.6) is 5.75 Å². The maximum atomic E-state index is 12.9. The van der Waals surface area contributed by atoms with Crippen molar-refractivity contribution in [3.8, 4) is 5.75 Å². The number of piperazine rings is 1. The van der Waals surface area contributed by atoms with E-state index in [2.05, 4.69) is 4.90 Å². The molecular formula is C20H27N2O4-. The van der Waals surface area contributed by atoms with Gasteiger partial charge in [0.15, 0.2) is 0 Å². The number of hydrogen-bond donors (Lipinski definition) is 0. The zero-order chi connectivity index (χ0) is 18.5. The molecule has 0 N–H and O–H groups in total.